The summed E-state index contributed by atoms with van der Waals surface area (Å²) in [5.74, 6) is 0.221. The number of phenols is 1. The molecule has 3 N–H and O–H groups in total. The minimum atomic E-state index is -0.0414. The van der Waals surface area contributed by atoms with E-state index in [9.17, 15) is 9.90 Å². The highest BCUT2D eigenvalue weighted by Gasteiger charge is 2.18. The van der Waals surface area contributed by atoms with Crippen molar-refractivity contribution in [3.63, 3.8) is 0 Å². The molecule has 0 saturated carbocycles. The fourth-order valence-corrected chi connectivity index (χ4v) is 2.19. The molecular weight excluding hydrogens is 218 g/mol. The molecule has 5 heteroatoms. The minimum absolute atomic E-state index is 0.0414. The van der Waals surface area contributed by atoms with Gasteiger partial charge in [0.2, 0.25) is 0 Å². The molecule has 88 valence electrons. The molecule has 0 bridgehead atoms. The van der Waals surface area contributed by atoms with Crippen LogP contribution in [0, 0.1) is 0 Å². The summed E-state index contributed by atoms with van der Waals surface area (Å²) in [5, 5.41) is 15.3. The van der Waals surface area contributed by atoms with E-state index in [0.717, 1.165) is 29.9 Å². The van der Waals surface area contributed by atoms with Gasteiger partial charge in [0, 0.05) is 19.5 Å². The van der Waals surface area contributed by atoms with E-state index in [0.29, 0.717) is 6.54 Å². The Bertz CT molecular complexity index is 595. The van der Waals surface area contributed by atoms with Gasteiger partial charge in [-0.25, -0.2) is 0 Å². The second kappa shape index (κ2) is 3.78. The van der Waals surface area contributed by atoms with Gasteiger partial charge in [-0.15, -0.1) is 0 Å². The first-order valence-corrected chi connectivity index (χ1v) is 5.58. The molecule has 17 heavy (non-hydrogen) atoms. The molecule has 0 fully saturated rings. The van der Waals surface area contributed by atoms with E-state index in [2.05, 4.69) is 10.4 Å². The maximum Gasteiger partial charge on any atom is 0.269 e. The Morgan fingerprint density at radius 1 is 1.24 bits per heavy atom. The van der Waals surface area contributed by atoms with E-state index in [1.165, 1.54) is 0 Å². The largest absolute Gasteiger partial charge is 0.508 e. The lowest BCUT2D eigenvalue weighted by atomic mass is 10.1. The lowest BCUT2D eigenvalue weighted by Crippen LogP contribution is -2.26. The lowest BCUT2D eigenvalue weighted by molar-refractivity contribution is 0.475. The van der Waals surface area contributed by atoms with Crippen LogP contribution in [0.2, 0.25) is 0 Å². The van der Waals surface area contributed by atoms with Crippen LogP contribution >= 0.6 is 0 Å². The van der Waals surface area contributed by atoms with E-state index in [1.807, 2.05) is 0 Å². The molecule has 0 atom stereocenters. The Morgan fingerprint density at radius 3 is 2.76 bits per heavy atom. The van der Waals surface area contributed by atoms with Gasteiger partial charge in [0.25, 0.3) is 5.56 Å². The molecule has 2 heterocycles. The van der Waals surface area contributed by atoms with E-state index < -0.39 is 0 Å². The summed E-state index contributed by atoms with van der Waals surface area (Å²) in [6.07, 6.45) is 0.828. The number of rotatable bonds is 1. The molecule has 0 amide bonds. The van der Waals surface area contributed by atoms with Gasteiger partial charge in [-0.05, 0) is 24.3 Å². The summed E-state index contributed by atoms with van der Waals surface area (Å²) in [5.41, 5.74) is 2.66. The first-order chi connectivity index (χ1) is 8.25. The Balaban J connectivity index is 2.15. The lowest BCUT2D eigenvalue weighted by Gasteiger charge is -2.14. The molecule has 1 aromatic carbocycles. The van der Waals surface area contributed by atoms with Crippen molar-refractivity contribution in [2.75, 3.05) is 6.54 Å². The highest BCUT2D eigenvalue weighted by molar-refractivity contribution is 5.39. The molecule has 2 aromatic rings. The molecule has 0 radical (unpaired) electrons. The van der Waals surface area contributed by atoms with E-state index in [4.69, 9.17) is 0 Å². The van der Waals surface area contributed by atoms with E-state index >= 15 is 0 Å². The number of aromatic nitrogens is 2. The summed E-state index contributed by atoms with van der Waals surface area (Å²) < 4.78 is 1.80. The van der Waals surface area contributed by atoms with Gasteiger partial charge in [-0.3, -0.25) is 14.6 Å². The summed E-state index contributed by atoms with van der Waals surface area (Å²) >= 11 is 0. The number of phenolic OH excluding ortho intramolecular Hbond substituents is 1. The van der Waals surface area contributed by atoms with Gasteiger partial charge in [-0.2, -0.15) is 0 Å². The monoisotopic (exact) mass is 231 g/mol. The minimum Gasteiger partial charge on any atom is -0.508 e. The number of hydrogen-bond donors (Lipinski definition) is 3. The molecule has 1 aliphatic rings. The van der Waals surface area contributed by atoms with Crippen LogP contribution in [-0.2, 0) is 13.0 Å². The number of benzene rings is 1. The summed E-state index contributed by atoms with van der Waals surface area (Å²) in [6, 6.07) is 6.80. The zero-order chi connectivity index (χ0) is 11.8. The highest BCUT2D eigenvalue weighted by Crippen LogP contribution is 2.17. The fraction of sp³-hybridized carbons (Fsp3) is 0.250. The Labute approximate surface area is 97.7 Å². The van der Waals surface area contributed by atoms with Gasteiger partial charge in [0.1, 0.15) is 5.75 Å². The molecule has 3 rings (SSSR count). The van der Waals surface area contributed by atoms with Crippen molar-refractivity contribution in [1.82, 2.24) is 15.1 Å². The van der Waals surface area contributed by atoms with Crippen LogP contribution in [0.4, 0.5) is 0 Å². The van der Waals surface area contributed by atoms with Crippen LogP contribution in [0.3, 0.4) is 0 Å². The Kier molecular flexibility index (Phi) is 2.26. The average molecular weight is 231 g/mol. The molecule has 0 spiro atoms. The smallest absolute Gasteiger partial charge is 0.269 e. The topological polar surface area (TPSA) is 70.0 Å². The highest BCUT2D eigenvalue weighted by atomic mass is 16.3. The van der Waals surface area contributed by atoms with Crippen molar-refractivity contribution in [3.05, 3.63) is 45.9 Å². The number of nitrogens with zero attached hydrogens (tertiary/aromatic N) is 1. The van der Waals surface area contributed by atoms with Gasteiger partial charge in [0.05, 0.1) is 16.9 Å². The second-order valence-electron chi connectivity index (χ2n) is 4.14. The normalized spacial score (nSPS) is 14.6. The van der Waals surface area contributed by atoms with Crippen LogP contribution in [-0.4, -0.2) is 21.4 Å². The number of hydrogen-bond acceptors (Lipinski definition) is 3. The van der Waals surface area contributed by atoms with Crippen molar-refractivity contribution < 1.29 is 5.11 Å². The first kappa shape index (κ1) is 10.2. The zero-order valence-electron chi connectivity index (χ0n) is 9.23. The van der Waals surface area contributed by atoms with Crippen molar-refractivity contribution in [3.8, 4) is 11.4 Å². The summed E-state index contributed by atoms with van der Waals surface area (Å²) in [7, 11) is 0. The Hall–Kier alpha value is -2.01. The van der Waals surface area contributed by atoms with Crippen LogP contribution in [0.15, 0.2) is 29.1 Å². The molecule has 1 aromatic heterocycles. The second-order valence-corrected chi connectivity index (χ2v) is 4.14. The Morgan fingerprint density at radius 2 is 2.00 bits per heavy atom. The average Bonchev–Trinajstić information content (AvgIpc) is 2.69. The third-order valence-electron chi connectivity index (χ3n) is 3.05. The van der Waals surface area contributed by atoms with E-state index in [-0.39, 0.29) is 11.3 Å². The van der Waals surface area contributed by atoms with Crippen molar-refractivity contribution in [2.45, 2.75) is 13.0 Å². The maximum absolute atomic E-state index is 11.8. The van der Waals surface area contributed by atoms with Crippen LogP contribution in [0.1, 0.15) is 11.3 Å². The van der Waals surface area contributed by atoms with Crippen LogP contribution in [0.5, 0.6) is 5.75 Å². The number of fused-ring (bicyclic) bond motifs is 1. The van der Waals surface area contributed by atoms with Crippen molar-refractivity contribution in [2.24, 2.45) is 0 Å². The predicted octanol–water partition coefficient (Wildman–Crippen LogP) is 0.517. The molecule has 5 nitrogen and oxygen atoms in total. The number of H-pyrrole nitrogens is 1. The molecule has 0 unspecified atom stereocenters. The zero-order valence-corrected chi connectivity index (χ0v) is 9.23. The van der Waals surface area contributed by atoms with Gasteiger partial charge < -0.3 is 10.4 Å². The molecule has 0 aliphatic carbocycles. The molecular formula is C12H13N3O2. The number of nitrogens with one attached hydrogen (secondary N) is 2. The first-order valence-electron chi connectivity index (χ1n) is 5.58. The third-order valence-corrected chi connectivity index (χ3v) is 3.05. The molecule has 0 saturated heterocycles. The maximum atomic E-state index is 11.8. The quantitative estimate of drug-likeness (QED) is 0.670. The van der Waals surface area contributed by atoms with Gasteiger partial charge >= 0.3 is 0 Å². The fourth-order valence-electron chi connectivity index (χ4n) is 2.19. The van der Waals surface area contributed by atoms with Crippen molar-refractivity contribution in [1.29, 1.82) is 0 Å². The summed E-state index contributed by atoms with van der Waals surface area (Å²) in [6.45, 7) is 1.50. The SMILES string of the molecule is O=c1[nH]n(-c2ccc(O)cc2)c2c1CNCC2. The van der Waals surface area contributed by atoms with E-state index in [1.54, 1.807) is 28.9 Å². The molecule has 1 aliphatic heterocycles. The predicted molar refractivity (Wildman–Crippen MR) is 63.5 cm³/mol. The van der Waals surface area contributed by atoms with Crippen LogP contribution < -0.4 is 10.9 Å². The van der Waals surface area contributed by atoms with Crippen LogP contribution in [0.25, 0.3) is 5.69 Å². The van der Waals surface area contributed by atoms with Crippen molar-refractivity contribution >= 4 is 0 Å². The number of aromatic hydroxyl groups is 1. The number of aromatic amines is 1. The van der Waals surface area contributed by atoms with Gasteiger partial charge in [-0.1, -0.05) is 0 Å². The van der Waals surface area contributed by atoms with Gasteiger partial charge in [0.15, 0.2) is 0 Å². The summed E-state index contributed by atoms with van der Waals surface area (Å²) in [4.78, 5) is 11.8. The third kappa shape index (κ3) is 1.64. The standard InChI is InChI=1S/C12H13N3O2/c16-9-3-1-8(2-4-9)15-11-5-6-13-7-10(11)12(17)14-15/h1-4,13,16H,5-7H2,(H,14,17).